The number of amides is 1. The zero-order chi connectivity index (χ0) is 26.3. The highest BCUT2D eigenvalue weighted by molar-refractivity contribution is 7.92. The molecule has 0 saturated heterocycles. The molecule has 0 aliphatic heterocycles. The number of pyridine rings is 1. The van der Waals surface area contributed by atoms with E-state index >= 15 is 0 Å². The molecule has 3 N–H and O–H groups in total. The van der Waals surface area contributed by atoms with Gasteiger partial charge in [0.2, 0.25) is 10.0 Å². The maximum atomic E-state index is 12.5. The number of fused-ring (bicyclic) bond motifs is 1. The monoisotopic (exact) mass is 528 g/mol. The third kappa shape index (κ3) is 7.67. The number of carbonyl (C=O) groups excluding carboxylic acids is 1. The molecule has 0 aliphatic rings. The molecule has 0 bridgehead atoms. The minimum absolute atomic E-state index is 0.110. The van der Waals surface area contributed by atoms with E-state index in [9.17, 15) is 18.3 Å². The second-order valence-electron chi connectivity index (χ2n) is 8.26. The number of nitrogens with one attached hydrogen (secondary N) is 2. The Balaban J connectivity index is 1.79. The van der Waals surface area contributed by atoms with Crippen LogP contribution in [0.4, 0.5) is 5.82 Å². The molecule has 0 radical (unpaired) electrons. The number of likely N-dealkylation sites (N-methyl/N-ethyl adjacent to an activating group) is 1. The summed E-state index contributed by atoms with van der Waals surface area (Å²) >= 11 is 6.16. The highest BCUT2D eigenvalue weighted by atomic mass is 35.5. The molecule has 10 heteroatoms. The fraction of sp³-hybridized carbons (Fsp3) is 0.308. The molecule has 1 aromatic heterocycles. The number of halogens is 1. The van der Waals surface area contributed by atoms with Gasteiger partial charge in [0.05, 0.1) is 17.9 Å². The van der Waals surface area contributed by atoms with Crippen LogP contribution in [0.2, 0.25) is 5.02 Å². The van der Waals surface area contributed by atoms with Gasteiger partial charge in [0.1, 0.15) is 0 Å². The third-order valence-electron chi connectivity index (χ3n) is 5.48. The van der Waals surface area contributed by atoms with Gasteiger partial charge in [0.15, 0.2) is 5.82 Å². The smallest absolute Gasteiger partial charge is 0.251 e. The lowest BCUT2D eigenvalue weighted by Gasteiger charge is -2.22. The first-order valence-electron chi connectivity index (χ1n) is 11.5. The summed E-state index contributed by atoms with van der Waals surface area (Å²) in [5.74, 6) is 5.83. The molecule has 190 valence electrons. The molecule has 36 heavy (non-hydrogen) atoms. The van der Waals surface area contributed by atoms with E-state index in [2.05, 4.69) is 31.8 Å². The van der Waals surface area contributed by atoms with Crippen LogP contribution in [-0.4, -0.2) is 67.9 Å². The lowest BCUT2D eigenvalue weighted by atomic mass is 10.1. The van der Waals surface area contributed by atoms with E-state index in [1.165, 1.54) is 0 Å². The first-order valence-corrected chi connectivity index (χ1v) is 13.7. The van der Waals surface area contributed by atoms with Gasteiger partial charge in [-0.2, -0.15) is 0 Å². The molecular formula is C26H29ClN4O4S. The average Bonchev–Trinajstić information content (AvgIpc) is 2.84. The molecular weight excluding hydrogens is 500 g/mol. The van der Waals surface area contributed by atoms with Crippen LogP contribution in [-0.2, 0) is 10.0 Å². The van der Waals surface area contributed by atoms with Crippen molar-refractivity contribution in [2.24, 2.45) is 0 Å². The Hall–Kier alpha value is -3.16. The molecule has 3 rings (SSSR count). The number of benzene rings is 2. The minimum Gasteiger partial charge on any atom is -0.390 e. The summed E-state index contributed by atoms with van der Waals surface area (Å²) in [4.78, 5) is 18.8. The van der Waals surface area contributed by atoms with Gasteiger partial charge in [0.25, 0.3) is 5.91 Å². The highest BCUT2D eigenvalue weighted by Crippen LogP contribution is 2.26. The number of anilines is 1. The molecule has 1 atom stereocenters. The van der Waals surface area contributed by atoms with Crippen LogP contribution in [0.15, 0.2) is 48.7 Å². The van der Waals surface area contributed by atoms with Gasteiger partial charge in [-0.3, -0.25) is 9.52 Å². The number of aliphatic hydroxyl groups is 1. The number of hydrogen-bond acceptors (Lipinski definition) is 6. The topological polar surface area (TPSA) is 112 Å². The summed E-state index contributed by atoms with van der Waals surface area (Å²) in [7, 11) is -3.58. The maximum absolute atomic E-state index is 12.5. The van der Waals surface area contributed by atoms with Gasteiger partial charge < -0.3 is 15.3 Å². The van der Waals surface area contributed by atoms with Gasteiger partial charge in [0, 0.05) is 46.2 Å². The zero-order valence-electron chi connectivity index (χ0n) is 20.4. The van der Waals surface area contributed by atoms with Crippen molar-refractivity contribution in [3.8, 4) is 11.8 Å². The lowest BCUT2D eigenvalue weighted by molar-refractivity contribution is 0.0869. The number of rotatable bonds is 9. The quantitative estimate of drug-likeness (QED) is 0.368. The number of hydrogen-bond donors (Lipinski definition) is 3. The number of sulfonamides is 1. The third-order valence-corrected chi connectivity index (χ3v) is 6.28. The van der Waals surface area contributed by atoms with Crippen molar-refractivity contribution in [2.75, 3.05) is 37.2 Å². The van der Waals surface area contributed by atoms with Gasteiger partial charge in [-0.1, -0.05) is 43.4 Å². The van der Waals surface area contributed by atoms with Crippen molar-refractivity contribution < 1.29 is 18.3 Å². The van der Waals surface area contributed by atoms with E-state index in [0.29, 0.717) is 33.6 Å². The molecule has 0 aliphatic carbocycles. The van der Waals surface area contributed by atoms with Crippen LogP contribution < -0.4 is 10.0 Å². The van der Waals surface area contributed by atoms with E-state index in [0.717, 1.165) is 24.7 Å². The molecule has 8 nitrogen and oxygen atoms in total. The van der Waals surface area contributed by atoms with Crippen LogP contribution in [0.5, 0.6) is 0 Å². The van der Waals surface area contributed by atoms with Crippen molar-refractivity contribution in [1.82, 2.24) is 15.2 Å². The molecule has 1 amide bonds. The van der Waals surface area contributed by atoms with E-state index in [4.69, 9.17) is 11.6 Å². The molecule has 1 heterocycles. The van der Waals surface area contributed by atoms with E-state index in [1.54, 1.807) is 48.7 Å². The Morgan fingerprint density at radius 2 is 1.83 bits per heavy atom. The van der Waals surface area contributed by atoms with E-state index in [-0.39, 0.29) is 18.3 Å². The van der Waals surface area contributed by atoms with Crippen molar-refractivity contribution in [3.05, 3.63) is 70.4 Å². The molecule has 0 spiro atoms. The zero-order valence-corrected chi connectivity index (χ0v) is 21.9. The SMILES string of the molecule is CCN(CC)CC(O)CNC(=O)c1ccc(C#Cc2c(NS(C)(=O)=O)ncc3ccc(Cl)cc23)cc1. The van der Waals surface area contributed by atoms with Crippen LogP contribution in [0.3, 0.4) is 0 Å². The average molecular weight is 529 g/mol. The maximum Gasteiger partial charge on any atom is 0.251 e. The number of carbonyl (C=O) groups is 1. The van der Waals surface area contributed by atoms with Gasteiger partial charge in [-0.15, -0.1) is 0 Å². The first-order chi connectivity index (χ1) is 17.1. The largest absolute Gasteiger partial charge is 0.390 e. The number of nitrogens with zero attached hydrogens (tertiary/aromatic N) is 2. The first kappa shape index (κ1) is 27.4. The van der Waals surface area contributed by atoms with Crippen molar-refractivity contribution in [3.63, 3.8) is 0 Å². The minimum atomic E-state index is -3.58. The molecule has 2 aromatic carbocycles. The molecule has 3 aromatic rings. The predicted molar refractivity (Wildman–Crippen MR) is 144 cm³/mol. The number of aliphatic hydroxyl groups excluding tert-OH is 1. The normalized spacial score (nSPS) is 12.2. The Morgan fingerprint density at radius 3 is 2.47 bits per heavy atom. The summed E-state index contributed by atoms with van der Waals surface area (Å²) < 4.78 is 26.1. The van der Waals surface area contributed by atoms with E-state index < -0.39 is 16.1 Å². The summed E-state index contributed by atoms with van der Waals surface area (Å²) in [5, 5.41) is 14.8. The summed E-state index contributed by atoms with van der Waals surface area (Å²) in [6, 6.07) is 11.9. The van der Waals surface area contributed by atoms with Crippen molar-refractivity contribution >= 4 is 44.1 Å². The standard InChI is InChI=1S/C26H29ClN4O4S/c1-4-31(5-2)17-22(32)16-29-26(33)19-9-6-18(7-10-19)8-13-23-24-14-21(27)12-11-20(24)15-28-25(23)30-36(3,34)35/h6-7,9-12,14-15,22,32H,4-5,16-17H2,1-3H3,(H,28,30)(H,29,33). The Labute approximate surface area is 216 Å². The van der Waals surface area contributed by atoms with Gasteiger partial charge in [-0.25, -0.2) is 13.4 Å². The highest BCUT2D eigenvalue weighted by Gasteiger charge is 2.13. The summed E-state index contributed by atoms with van der Waals surface area (Å²) in [6.45, 7) is 6.35. The van der Waals surface area contributed by atoms with Crippen LogP contribution in [0.25, 0.3) is 10.8 Å². The fourth-order valence-corrected chi connectivity index (χ4v) is 4.24. The van der Waals surface area contributed by atoms with Crippen LogP contribution >= 0.6 is 11.6 Å². The fourth-order valence-electron chi connectivity index (χ4n) is 3.56. The number of aromatic nitrogens is 1. The van der Waals surface area contributed by atoms with Crippen molar-refractivity contribution in [2.45, 2.75) is 20.0 Å². The Kier molecular flexibility index (Phi) is 9.29. The Morgan fingerprint density at radius 1 is 1.14 bits per heavy atom. The molecule has 0 saturated carbocycles. The second kappa shape index (κ2) is 12.2. The predicted octanol–water partition coefficient (Wildman–Crippen LogP) is 3.09. The van der Waals surface area contributed by atoms with E-state index in [1.807, 2.05) is 13.8 Å². The lowest BCUT2D eigenvalue weighted by Crippen LogP contribution is -2.40. The van der Waals surface area contributed by atoms with Gasteiger partial charge >= 0.3 is 0 Å². The van der Waals surface area contributed by atoms with Crippen molar-refractivity contribution in [1.29, 1.82) is 0 Å². The van der Waals surface area contributed by atoms with Crippen LogP contribution in [0, 0.1) is 11.8 Å². The Bertz CT molecular complexity index is 1400. The molecule has 0 fully saturated rings. The van der Waals surface area contributed by atoms with Gasteiger partial charge in [-0.05, 0) is 49.5 Å². The molecule has 1 unspecified atom stereocenters. The second-order valence-corrected chi connectivity index (χ2v) is 10.4. The summed E-state index contributed by atoms with van der Waals surface area (Å²) in [5.41, 5.74) is 1.45. The summed E-state index contributed by atoms with van der Waals surface area (Å²) in [6.07, 6.45) is 1.94. The van der Waals surface area contributed by atoms with Crippen LogP contribution in [0.1, 0.15) is 35.3 Å².